The highest BCUT2D eigenvalue weighted by molar-refractivity contribution is 9.10. The summed E-state index contributed by atoms with van der Waals surface area (Å²) in [7, 11) is 2.15. The summed E-state index contributed by atoms with van der Waals surface area (Å²) in [4.78, 5) is 13.4. The maximum atomic E-state index is 4.52. The molecule has 82 valence electrons. The number of piperazine rings is 1. The molecule has 0 amide bonds. The van der Waals surface area contributed by atoms with E-state index in [1.165, 1.54) is 0 Å². The van der Waals surface area contributed by atoms with E-state index in [2.05, 4.69) is 42.7 Å². The molecular formula is C10H15BrN4. The van der Waals surface area contributed by atoms with Gasteiger partial charge in [-0.1, -0.05) is 0 Å². The Morgan fingerprint density at radius 3 is 2.53 bits per heavy atom. The minimum atomic E-state index is 0.834. The molecule has 4 nitrogen and oxygen atoms in total. The smallest absolute Gasteiger partial charge is 0.147 e. The average Bonchev–Trinajstić information content (AvgIpc) is 2.23. The number of halogens is 1. The van der Waals surface area contributed by atoms with Gasteiger partial charge in [0.15, 0.2) is 0 Å². The van der Waals surface area contributed by atoms with Crippen molar-refractivity contribution < 1.29 is 0 Å². The number of anilines is 1. The molecule has 1 aromatic heterocycles. The van der Waals surface area contributed by atoms with Gasteiger partial charge in [-0.2, -0.15) is 0 Å². The lowest BCUT2D eigenvalue weighted by Gasteiger charge is -2.33. The van der Waals surface area contributed by atoms with Crippen LogP contribution in [-0.4, -0.2) is 48.1 Å². The van der Waals surface area contributed by atoms with Crippen molar-refractivity contribution in [3.05, 3.63) is 16.5 Å². The van der Waals surface area contributed by atoms with E-state index in [1.807, 2.05) is 13.1 Å². The lowest BCUT2D eigenvalue weighted by Crippen LogP contribution is -2.44. The molecule has 0 aliphatic carbocycles. The largest absolute Gasteiger partial charge is 0.353 e. The second kappa shape index (κ2) is 4.45. The van der Waals surface area contributed by atoms with Crippen LogP contribution in [0.15, 0.2) is 10.8 Å². The summed E-state index contributed by atoms with van der Waals surface area (Å²) in [6.07, 6.45) is 1.84. The van der Waals surface area contributed by atoms with Gasteiger partial charge in [0, 0.05) is 26.2 Å². The highest BCUT2D eigenvalue weighted by Crippen LogP contribution is 2.16. The Balaban J connectivity index is 2.12. The molecule has 0 aromatic carbocycles. The molecule has 0 saturated carbocycles. The monoisotopic (exact) mass is 270 g/mol. The molecule has 1 fully saturated rings. The molecule has 0 spiro atoms. The van der Waals surface area contributed by atoms with Crippen LogP contribution in [0.3, 0.4) is 0 Å². The van der Waals surface area contributed by atoms with Crippen LogP contribution in [-0.2, 0) is 0 Å². The number of aryl methyl sites for hydroxylation is 1. The normalized spacial score (nSPS) is 18.2. The zero-order chi connectivity index (χ0) is 10.8. The number of rotatable bonds is 1. The second-order valence-electron chi connectivity index (χ2n) is 3.89. The SMILES string of the molecule is Cc1nc(N2CCN(C)CC2)cnc1Br. The van der Waals surface area contributed by atoms with Gasteiger partial charge in [0.05, 0.1) is 11.9 Å². The zero-order valence-corrected chi connectivity index (χ0v) is 10.7. The third kappa shape index (κ3) is 2.46. The van der Waals surface area contributed by atoms with Crippen molar-refractivity contribution in [1.29, 1.82) is 0 Å². The first-order valence-corrected chi connectivity index (χ1v) is 5.89. The summed E-state index contributed by atoms with van der Waals surface area (Å²) in [6.45, 7) is 6.22. The quantitative estimate of drug-likeness (QED) is 0.770. The first kappa shape index (κ1) is 10.8. The van der Waals surface area contributed by atoms with E-state index in [-0.39, 0.29) is 0 Å². The van der Waals surface area contributed by atoms with Gasteiger partial charge >= 0.3 is 0 Å². The molecule has 0 radical (unpaired) electrons. The number of nitrogens with zero attached hydrogens (tertiary/aromatic N) is 4. The van der Waals surface area contributed by atoms with Crippen LogP contribution < -0.4 is 4.90 Å². The molecule has 2 rings (SSSR count). The molecular weight excluding hydrogens is 256 g/mol. The number of likely N-dealkylation sites (N-methyl/N-ethyl adjacent to an activating group) is 1. The minimum absolute atomic E-state index is 0.834. The predicted molar refractivity (Wildman–Crippen MR) is 64.2 cm³/mol. The number of hydrogen-bond acceptors (Lipinski definition) is 4. The van der Waals surface area contributed by atoms with Crippen molar-refractivity contribution in [2.45, 2.75) is 6.92 Å². The van der Waals surface area contributed by atoms with E-state index >= 15 is 0 Å². The summed E-state index contributed by atoms with van der Waals surface area (Å²) in [5, 5.41) is 0. The summed E-state index contributed by atoms with van der Waals surface area (Å²) in [5.41, 5.74) is 0.950. The molecule has 0 atom stereocenters. The Hall–Kier alpha value is -0.680. The number of hydrogen-bond donors (Lipinski definition) is 0. The minimum Gasteiger partial charge on any atom is -0.353 e. The average molecular weight is 271 g/mol. The Bertz CT molecular complexity index is 347. The Labute approximate surface area is 98.4 Å². The Morgan fingerprint density at radius 2 is 1.93 bits per heavy atom. The fourth-order valence-corrected chi connectivity index (χ4v) is 1.83. The highest BCUT2D eigenvalue weighted by Gasteiger charge is 2.15. The zero-order valence-electron chi connectivity index (χ0n) is 9.07. The predicted octanol–water partition coefficient (Wildman–Crippen LogP) is 1.30. The van der Waals surface area contributed by atoms with Crippen molar-refractivity contribution in [3.8, 4) is 0 Å². The molecule has 0 bridgehead atoms. The van der Waals surface area contributed by atoms with E-state index in [0.29, 0.717) is 0 Å². The van der Waals surface area contributed by atoms with Crippen LogP contribution in [0.2, 0.25) is 0 Å². The van der Waals surface area contributed by atoms with E-state index < -0.39 is 0 Å². The van der Waals surface area contributed by atoms with Gasteiger partial charge < -0.3 is 9.80 Å². The van der Waals surface area contributed by atoms with Gasteiger partial charge in [0.25, 0.3) is 0 Å². The Kier molecular flexibility index (Phi) is 3.21. The molecule has 0 N–H and O–H groups in total. The molecule has 1 saturated heterocycles. The van der Waals surface area contributed by atoms with Crippen molar-refractivity contribution in [2.24, 2.45) is 0 Å². The maximum absolute atomic E-state index is 4.52. The lowest BCUT2D eigenvalue weighted by atomic mass is 10.3. The Morgan fingerprint density at radius 1 is 1.27 bits per heavy atom. The highest BCUT2D eigenvalue weighted by atomic mass is 79.9. The summed E-state index contributed by atoms with van der Waals surface area (Å²) in [5.74, 6) is 0.990. The van der Waals surface area contributed by atoms with E-state index in [0.717, 1.165) is 42.3 Å². The van der Waals surface area contributed by atoms with E-state index in [1.54, 1.807) is 0 Å². The van der Waals surface area contributed by atoms with E-state index in [4.69, 9.17) is 0 Å². The van der Waals surface area contributed by atoms with Gasteiger partial charge in [-0.25, -0.2) is 9.97 Å². The van der Waals surface area contributed by atoms with Crippen LogP contribution >= 0.6 is 15.9 Å². The van der Waals surface area contributed by atoms with Crippen molar-refractivity contribution >= 4 is 21.7 Å². The van der Waals surface area contributed by atoms with Crippen LogP contribution in [0.25, 0.3) is 0 Å². The first-order chi connectivity index (χ1) is 7.16. The molecule has 2 heterocycles. The summed E-state index contributed by atoms with van der Waals surface area (Å²) < 4.78 is 0.834. The van der Waals surface area contributed by atoms with Crippen LogP contribution in [0.1, 0.15) is 5.69 Å². The lowest BCUT2D eigenvalue weighted by molar-refractivity contribution is 0.312. The van der Waals surface area contributed by atoms with Crippen molar-refractivity contribution in [2.75, 3.05) is 38.1 Å². The molecule has 5 heteroatoms. The molecule has 15 heavy (non-hydrogen) atoms. The van der Waals surface area contributed by atoms with Crippen LogP contribution in [0.4, 0.5) is 5.82 Å². The molecule has 1 aromatic rings. The molecule has 0 unspecified atom stereocenters. The van der Waals surface area contributed by atoms with Gasteiger partial charge in [0.2, 0.25) is 0 Å². The van der Waals surface area contributed by atoms with Crippen molar-refractivity contribution in [3.63, 3.8) is 0 Å². The van der Waals surface area contributed by atoms with Crippen LogP contribution in [0.5, 0.6) is 0 Å². The first-order valence-electron chi connectivity index (χ1n) is 5.09. The third-order valence-electron chi connectivity index (χ3n) is 2.70. The van der Waals surface area contributed by atoms with Crippen molar-refractivity contribution in [1.82, 2.24) is 14.9 Å². The van der Waals surface area contributed by atoms with Crippen LogP contribution in [0, 0.1) is 6.92 Å². The standard InChI is InChI=1S/C10H15BrN4/c1-8-10(11)12-7-9(13-8)15-5-3-14(2)4-6-15/h7H,3-6H2,1-2H3. The molecule has 1 aliphatic rings. The molecule has 1 aliphatic heterocycles. The summed E-state index contributed by atoms with van der Waals surface area (Å²) in [6, 6.07) is 0. The fourth-order valence-electron chi connectivity index (χ4n) is 1.64. The second-order valence-corrected chi connectivity index (χ2v) is 4.65. The van der Waals surface area contributed by atoms with Gasteiger partial charge in [-0.15, -0.1) is 0 Å². The fraction of sp³-hybridized carbons (Fsp3) is 0.600. The summed E-state index contributed by atoms with van der Waals surface area (Å²) >= 11 is 3.36. The van der Waals surface area contributed by atoms with Gasteiger partial charge in [-0.05, 0) is 29.9 Å². The van der Waals surface area contributed by atoms with E-state index in [9.17, 15) is 0 Å². The number of aromatic nitrogens is 2. The van der Waals surface area contributed by atoms with Gasteiger partial charge in [-0.3, -0.25) is 0 Å². The third-order valence-corrected chi connectivity index (χ3v) is 3.48. The van der Waals surface area contributed by atoms with Gasteiger partial charge in [0.1, 0.15) is 10.4 Å². The topological polar surface area (TPSA) is 32.3 Å². The maximum Gasteiger partial charge on any atom is 0.147 e.